The van der Waals surface area contributed by atoms with E-state index < -0.39 is 0 Å². The zero-order chi connectivity index (χ0) is 12.8. The Morgan fingerprint density at radius 2 is 1.95 bits per heavy atom. The molecule has 5 unspecified atom stereocenters. The second-order valence-electron chi connectivity index (χ2n) is 6.09. The van der Waals surface area contributed by atoms with Crippen LogP contribution in [0.4, 0.5) is 0 Å². The van der Waals surface area contributed by atoms with Gasteiger partial charge in [-0.05, 0) is 31.2 Å². The molecule has 2 heterocycles. The van der Waals surface area contributed by atoms with E-state index in [4.69, 9.17) is 9.57 Å². The van der Waals surface area contributed by atoms with Crippen LogP contribution in [0.2, 0.25) is 0 Å². The maximum Gasteiger partial charge on any atom is 0.0911 e. The highest BCUT2D eigenvalue weighted by Crippen LogP contribution is 2.46. The number of likely N-dealkylation sites (N-methyl/N-ethyl adjacent to an activating group) is 1. The van der Waals surface area contributed by atoms with Crippen molar-refractivity contribution in [1.82, 2.24) is 5.06 Å². The van der Waals surface area contributed by atoms with E-state index in [1.165, 1.54) is 24.8 Å². The summed E-state index contributed by atoms with van der Waals surface area (Å²) in [4.78, 5) is 6.08. The highest BCUT2D eigenvalue weighted by molar-refractivity contribution is 5.17. The van der Waals surface area contributed by atoms with Gasteiger partial charge in [0, 0.05) is 19.0 Å². The van der Waals surface area contributed by atoms with Crippen molar-refractivity contribution in [1.29, 1.82) is 0 Å². The molecule has 0 radical (unpaired) electrons. The Morgan fingerprint density at radius 3 is 2.79 bits per heavy atom. The fraction of sp³-hybridized carbons (Fsp3) is 0.625. The molecule has 3 heteroatoms. The second kappa shape index (κ2) is 4.58. The number of ether oxygens (including phenoxy) is 1. The molecule has 1 aliphatic carbocycles. The van der Waals surface area contributed by atoms with E-state index in [1.54, 1.807) is 0 Å². The number of nitrogens with zero attached hydrogens (tertiary/aromatic N) is 1. The first kappa shape index (κ1) is 11.9. The lowest BCUT2D eigenvalue weighted by molar-refractivity contribution is -0.145. The van der Waals surface area contributed by atoms with Gasteiger partial charge in [0.2, 0.25) is 0 Å². The molecule has 5 atom stereocenters. The van der Waals surface area contributed by atoms with Gasteiger partial charge in [-0.25, -0.2) is 0 Å². The third-order valence-electron chi connectivity index (χ3n) is 4.91. The lowest BCUT2D eigenvalue weighted by Gasteiger charge is -2.22. The molecular formula is C16H21NO2. The summed E-state index contributed by atoms with van der Waals surface area (Å²) in [6.45, 7) is 0. The molecule has 1 aromatic rings. The third kappa shape index (κ3) is 2.10. The predicted molar refractivity (Wildman–Crippen MR) is 72.6 cm³/mol. The van der Waals surface area contributed by atoms with Crippen molar-refractivity contribution in [2.45, 2.75) is 50.0 Å². The number of benzene rings is 1. The minimum absolute atomic E-state index is 0.371. The SMILES string of the molecule is CN1OC2CCCC3OC3C2C1Cc1ccccc1. The molecule has 3 fully saturated rings. The molecule has 1 saturated carbocycles. The van der Waals surface area contributed by atoms with Gasteiger partial charge in [-0.3, -0.25) is 4.84 Å². The first-order valence-corrected chi connectivity index (χ1v) is 7.42. The van der Waals surface area contributed by atoms with Crippen LogP contribution in [0.5, 0.6) is 0 Å². The van der Waals surface area contributed by atoms with E-state index in [0.29, 0.717) is 30.3 Å². The van der Waals surface area contributed by atoms with Crippen molar-refractivity contribution in [2.24, 2.45) is 5.92 Å². The molecule has 0 bridgehead atoms. The van der Waals surface area contributed by atoms with Crippen molar-refractivity contribution in [3.05, 3.63) is 35.9 Å². The van der Waals surface area contributed by atoms with E-state index in [9.17, 15) is 0 Å². The van der Waals surface area contributed by atoms with Gasteiger partial charge in [-0.2, -0.15) is 5.06 Å². The molecule has 3 nitrogen and oxygen atoms in total. The van der Waals surface area contributed by atoms with Crippen molar-refractivity contribution in [2.75, 3.05) is 7.05 Å². The highest BCUT2D eigenvalue weighted by atomic mass is 16.7. The number of epoxide rings is 1. The lowest BCUT2D eigenvalue weighted by atomic mass is 9.86. The largest absolute Gasteiger partial charge is 0.369 e. The molecule has 0 aromatic heterocycles. The van der Waals surface area contributed by atoms with Crippen LogP contribution in [-0.2, 0) is 16.0 Å². The summed E-state index contributed by atoms with van der Waals surface area (Å²) in [5.41, 5.74) is 1.39. The Kier molecular flexibility index (Phi) is 2.87. The minimum Gasteiger partial charge on any atom is -0.369 e. The average Bonchev–Trinajstić information content (AvgIpc) is 3.12. The highest BCUT2D eigenvalue weighted by Gasteiger charge is 2.56. The van der Waals surface area contributed by atoms with Crippen molar-refractivity contribution < 1.29 is 9.57 Å². The average molecular weight is 259 g/mol. The van der Waals surface area contributed by atoms with Crippen molar-refractivity contribution in [3.63, 3.8) is 0 Å². The van der Waals surface area contributed by atoms with E-state index >= 15 is 0 Å². The van der Waals surface area contributed by atoms with Crippen LogP contribution in [0.15, 0.2) is 30.3 Å². The summed E-state index contributed by atoms with van der Waals surface area (Å²) in [5.74, 6) is 0.553. The third-order valence-corrected chi connectivity index (χ3v) is 4.91. The zero-order valence-electron chi connectivity index (χ0n) is 11.4. The summed E-state index contributed by atoms with van der Waals surface area (Å²) in [6.07, 6.45) is 6.06. The van der Waals surface area contributed by atoms with E-state index in [0.717, 1.165) is 6.42 Å². The summed E-state index contributed by atoms with van der Waals surface area (Å²) in [6, 6.07) is 11.2. The van der Waals surface area contributed by atoms with Crippen LogP contribution < -0.4 is 0 Å². The molecule has 2 saturated heterocycles. The Morgan fingerprint density at radius 1 is 1.16 bits per heavy atom. The fourth-order valence-corrected chi connectivity index (χ4v) is 3.90. The molecule has 0 spiro atoms. The van der Waals surface area contributed by atoms with E-state index in [2.05, 4.69) is 42.4 Å². The normalized spacial score (nSPS) is 41.4. The maximum atomic E-state index is 6.08. The predicted octanol–water partition coefficient (Wildman–Crippen LogP) is 2.41. The number of hydrogen-bond acceptors (Lipinski definition) is 3. The summed E-state index contributed by atoms with van der Waals surface area (Å²) in [7, 11) is 2.08. The quantitative estimate of drug-likeness (QED) is 0.763. The number of hydrogen-bond donors (Lipinski definition) is 0. The van der Waals surface area contributed by atoms with Crippen LogP contribution in [0, 0.1) is 5.92 Å². The van der Waals surface area contributed by atoms with Gasteiger partial charge in [0.15, 0.2) is 0 Å². The van der Waals surface area contributed by atoms with Crippen molar-refractivity contribution in [3.8, 4) is 0 Å². The van der Waals surface area contributed by atoms with E-state index in [-0.39, 0.29) is 0 Å². The van der Waals surface area contributed by atoms with Crippen LogP contribution in [0.3, 0.4) is 0 Å². The topological polar surface area (TPSA) is 25.0 Å². The molecular weight excluding hydrogens is 238 g/mol. The Balaban J connectivity index is 1.56. The first-order chi connectivity index (χ1) is 9.33. The number of fused-ring (bicyclic) bond motifs is 3. The summed E-state index contributed by atoms with van der Waals surface area (Å²) in [5, 5.41) is 2.09. The van der Waals surface area contributed by atoms with Crippen molar-refractivity contribution >= 4 is 0 Å². The van der Waals surface area contributed by atoms with Gasteiger partial charge < -0.3 is 4.74 Å². The lowest BCUT2D eigenvalue weighted by Crippen LogP contribution is -2.35. The van der Waals surface area contributed by atoms with Gasteiger partial charge in [0.25, 0.3) is 0 Å². The van der Waals surface area contributed by atoms with Gasteiger partial charge in [-0.15, -0.1) is 0 Å². The van der Waals surface area contributed by atoms with E-state index in [1.807, 2.05) is 0 Å². The number of hydroxylamine groups is 2. The number of rotatable bonds is 2. The molecule has 102 valence electrons. The molecule has 19 heavy (non-hydrogen) atoms. The van der Waals surface area contributed by atoms with Crippen LogP contribution >= 0.6 is 0 Å². The summed E-state index contributed by atoms with van der Waals surface area (Å²) >= 11 is 0. The molecule has 1 aromatic carbocycles. The summed E-state index contributed by atoms with van der Waals surface area (Å²) < 4.78 is 5.88. The zero-order valence-corrected chi connectivity index (χ0v) is 11.4. The molecule has 2 aliphatic heterocycles. The molecule has 0 N–H and O–H groups in total. The van der Waals surface area contributed by atoms with Gasteiger partial charge >= 0.3 is 0 Å². The molecule has 4 rings (SSSR count). The minimum atomic E-state index is 0.371. The van der Waals surface area contributed by atoms with Crippen LogP contribution in [-0.4, -0.2) is 36.5 Å². The Bertz CT molecular complexity index is 449. The van der Waals surface area contributed by atoms with Crippen LogP contribution in [0.1, 0.15) is 24.8 Å². The van der Waals surface area contributed by atoms with Crippen LogP contribution in [0.25, 0.3) is 0 Å². The maximum absolute atomic E-state index is 6.08. The standard InChI is InChI=1S/C16H21NO2/c1-17-12(10-11-6-3-2-4-7-11)15-13(19-17)8-5-9-14-16(15)18-14/h2-4,6-7,12-16H,5,8-10H2,1H3. The molecule has 3 aliphatic rings. The van der Waals surface area contributed by atoms with Gasteiger partial charge in [0.05, 0.1) is 18.3 Å². The smallest absolute Gasteiger partial charge is 0.0911 e. The fourth-order valence-electron chi connectivity index (χ4n) is 3.90. The van der Waals surface area contributed by atoms with Gasteiger partial charge in [-0.1, -0.05) is 30.3 Å². The second-order valence-corrected chi connectivity index (χ2v) is 6.09. The Hall–Kier alpha value is -0.900. The Labute approximate surface area is 114 Å². The molecule has 0 amide bonds. The first-order valence-electron chi connectivity index (χ1n) is 7.42. The monoisotopic (exact) mass is 259 g/mol. The van der Waals surface area contributed by atoms with Gasteiger partial charge in [0.1, 0.15) is 0 Å².